The molecule has 5 nitrogen and oxygen atoms in total. The molecule has 2 rings (SSSR count). The molecule has 0 atom stereocenters. The molecule has 0 unspecified atom stereocenters. The van der Waals surface area contributed by atoms with Crippen LogP contribution >= 0.6 is 0 Å². The number of halogens is 2. The standard InChI is InChI=1S/C18H19F2NO4S/c1-13-3-7-15(8-4-13)25-12-11-21(2)17(22)14-5-9-16(10-6-14)26(23,24)18(19)20/h3-10,18H,11-12H2,1-2H3. The highest BCUT2D eigenvalue weighted by Crippen LogP contribution is 2.19. The molecule has 0 aromatic heterocycles. The van der Waals surface area contributed by atoms with Crippen molar-refractivity contribution < 1.29 is 26.7 Å². The van der Waals surface area contributed by atoms with Crippen LogP contribution < -0.4 is 4.74 Å². The van der Waals surface area contributed by atoms with E-state index in [1.165, 1.54) is 17.0 Å². The molecule has 140 valence electrons. The highest BCUT2D eigenvalue weighted by Gasteiger charge is 2.26. The van der Waals surface area contributed by atoms with E-state index in [2.05, 4.69) is 0 Å². The average molecular weight is 383 g/mol. The normalized spacial score (nSPS) is 11.4. The monoisotopic (exact) mass is 383 g/mol. The minimum absolute atomic E-state index is 0.205. The quantitative estimate of drug-likeness (QED) is 0.737. The molecule has 0 aliphatic rings. The predicted octanol–water partition coefficient (Wildman–Crippen LogP) is 3.14. The van der Waals surface area contributed by atoms with Gasteiger partial charge in [0.2, 0.25) is 9.84 Å². The number of amides is 1. The number of carbonyl (C=O) groups excluding carboxylic acids is 1. The molecule has 0 heterocycles. The molecular formula is C18H19F2NO4S. The van der Waals surface area contributed by atoms with E-state index in [9.17, 15) is 22.0 Å². The van der Waals surface area contributed by atoms with Crippen LogP contribution in [0.15, 0.2) is 53.4 Å². The van der Waals surface area contributed by atoms with Crippen molar-refractivity contribution in [1.82, 2.24) is 4.90 Å². The first-order valence-electron chi connectivity index (χ1n) is 7.79. The van der Waals surface area contributed by atoms with Crippen LogP contribution in [0.25, 0.3) is 0 Å². The van der Waals surface area contributed by atoms with Gasteiger partial charge in [0.1, 0.15) is 12.4 Å². The van der Waals surface area contributed by atoms with Gasteiger partial charge in [0.15, 0.2) is 0 Å². The number of ether oxygens (including phenoxy) is 1. The van der Waals surface area contributed by atoms with E-state index in [0.29, 0.717) is 12.3 Å². The zero-order valence-corrected chi connectivity index (χ0v) is 15.2. The minimum Gasteiger partial charge on any atom is -0.492 e. The molecular weight excluding hydrogens is 364 g/mol. The number of rotatable bonds is 7. The van der Waals surface area contributed by atoms with Gasteiger partial charge in [-0.2, -0.15) is 8.78 Å². The topological polar surface area (TPSA) is 63.7 Å². The van der Waals surface area contributed by atoms with Gasteiger partial charge >= 0.3 is 5.76 Å². The number of nitrogens with zero attached hydrogens (tertiary/aromatic N) is 1. The summed E-state index contributed by atoms with van der Waals surface area (Å²) in [6, 6.07) is 11.9. The summed E-state index contributed by atoms with van der Waals surface area (Å²) in [5, 5.41) is 0. The lowest BCUT2D eigenvalue weighted by Crippen LogP contribution is -2.30. The molecule has 2 aromatic carbocycles. The summed E-state index contributed by atoms with van der Waals surface area (Å²) in [7, 11) is -3.09. The van der Waals surface area contributed by atoms with Gasteiger partial charge in [-0.25, -0.2) is 8.42 Å². The third-order valence-electron chi connectivity index (χ3n) is 3.73. The van der Waals surface area contributed by atoms with Gasteiger partial charge in [-0.3, -0.25) is 4.79 Å². The Morgan fingerprint density at radius 3 is 2.19 bits per heavy atom. The molecule has 0 aliphatic heterocycles. The van der Waals surface area contributed by atoms with Gasteiger partial charge < -0.3 is 9.64 Å². The third kappa shape index (κ3) is 4.78. The maximum Gasteiger partial charge on any atom is 0.341 e. The second-order valence-corrected chi connectivity index (χ2v) is 7.64. The Hall–Kier alpha value is -2.48. The van der Waals surface area contributed by atoms with Crippen molar-refractivity contribution in [1.29, 1.82) is 0 Å². The average Bonchev–Trinajstić information content (AvgIpc) is 2.62. The Kier molecular flexibility index (Phi) is 6.31. The molecule has 8 heteroatoms. The number of carbonyl (C=O) groups is 1. The first kappa shape index (κ1) is 19.8. The van der Waals surface area contributed by atoms with Crippen LogP contribution in [0, 0.1) is 6.92 Å². The van der Waals surface area contributed by atoms with Crippen LogP contribution in [-0.2, 0) is 9.84 Å². The molecule has 1 amide bonds. The van der Waals surface area contributed by atoms with Crippen LogP contribution in [0.4, 0.5) is 8.78 Å². The lowest BCUT2D eigenvalue weighted by atomic mass is 10.2. The van der Waals surface area contributed by atoms with Crippen molar-refractivity contribution in [2.75, 3.05) is 20.2 Å². The molecule has 0 radical (unpaired) electrons. The molecule has 0 bridgehead atoms. The number of alkyl halides is 2. The lowest BCUT2D eigenvalue weighted by Gasteiger charge is -2.18. The van der Waals surface area contributed by atoms with Crippen LogP contribution in [0.2, 0.25) is 0 Å². The maximum absolute atomic E-state index is 12.5. The highest BCUT2D eigenvalue weighted by atomic mass is 32.2. The first-order valence-corrected chi connectivity index (χ1v) is 9.33. The van der Waals surface area contributed by atoms with Crippen LogP contribution in [0.3, 0.4) is 0 Å². The molecule has 0 fully saturated rings. The summed E-state index contributed by atoms with van der Waals surface area (Å²) < 4.78 is 53.3. The third-order valence-corrected chi connectivity index (χ3v) is 5.13. The fourth-order valence-corrected chi connectivity index (χ4v) is 2.87. The summed E-state index contributed by atoms with van der Waals surface area (Å²) in [4.78, 5) is 13.2. The van der Waals surface area contributed by atoms with Gasteiger partial charge in [0.25, 0.3) is 5.91 Å². The van der Waals surface area contributed by atoms with E-state index >= 15 is 0 Å². The van der Waals surface area contributed by atoms with E-state index in [1.807, 2.05) is 31.2 Å². The Morgan fingerprint density at radius 1 is 1.08 bits per heavy atom. The van der Waals surface area contributed by atoms with Crippen molar-refractivity contribution in [2.45, 2.75) is 17.6 Å². The van der Waals surface area contributed by atoms with Gasteiger partial charge in [0, 0.05) is 12.6 Å². The van der Waals surface area contributed by atoms with Crippen molar-refractivity contribution >= 4 is 15.7 Å². The predicted molar refractivity (Wildman–Crippen MR) is 93.3 cm³/mol. The van der Waals surface area contributed by atoms with Crippen molar-refractivity contribution in [3.63, 3.8) is 0 Å². The molecule has 0 saturated carbocycles. The fraction of sp³-hybridized carbons (Fsp3) is 0.278. The van der Waals surface area contributed by atoms with Crippen LogP contribution in [0.5, 0.6) is 5.75 Å². The summed E-state index contributed by atoms with van der Waals surface area (Å²) in [5.41, 5.74) is 1.32. The van der Waals surface area contributed by atoms with Gasteiger partial charge in [-0.1, -0.05) is 17.7 Å². The molecule has 26 heavy (non-hydrogen) atoms. The molecule has 0 spiro atoms. The Bertz CT molecular complexity index is 850. The number of benzene rings is 2. The van der Waals surface area contributed by atoms with Crippen molar-refractivity contribution in [2.24, 2.45) is 0 Å². The van der Waals surface area contributed by atoms with E-state index < -0.39 is 20.5 Å². The fourth-order valence-electron chi connectivity index (χ4n) is 2.15. The van der Waals surface area contributed by atoms with Crippen molar-refractivity contribution in [3.8, 4) is 5.75 Å². The highest BCUT2D eigenvalue weighted by molar-refractivity contribution is 7.91. The van der Waals surface area contributed by atoms with Crippen LogP contribution in [0.1, 0.15) is 15.9 Å². The van der Waals surface area contributed by atoms with Gasteiger partial charge in [0.05, 0.1) is 11.4 Å². The van der Waals surface area contributed by atoms with E-state index in [4.69, 9.17) is 4.74 Å². The summed E-state index contributed by atoms with van der Waals surface area (Å²) in [6.45, 7) is 2.56. The van der Waals surface area contributed by atoms with Crippen LogP contribution in [-0.4, -0.2) is 45.2 Å². The number of sulfone groups is 1. The Labute approximate surface area is 151 Å². The number of likely N-dealkylation sites (N-methyl/N-ethyl adjacent to an activating group) is 1. The second kappa shape index (κ2) is 8.27. The second-order valence-electron chi connectivity index (χ2n) is 5.72. The summed E-state index contributed by atoms with van der Waals surface area (Å²) in [5.74, 6) is -3.16. The molecule has 0 N–H and O–H groups in total. The number of hydrogen-bond acceptors (Lipinski definition) is 4. The van der Waals surface area contributed by atoms with Gasteiger partial charge in [-0.15, -0.1) is 0 Å². The maximum atomic E-state index is 12.5. The summed E-state index contributed by atoms with van der Waals surface area (Å²) in [6.07, 6.45) is 0. The smallest absolute Gasteiger partial charge is 0.341 e. The Balaban J connectivity index is 1.94. The largest absolute Gasteiger partial charge is 0.492 e. The Morgan fingerprint density at radius 2 is 1.65 bits per heavy atom. The lowest BCUT2D eigenvalue weighted by molar-refractivity contribution is 0.0773. The molecule has 0 saturated heterocycles. The minimum atomic E-state index is -4.67. The van der Waals surface area contributed by atoms with Gasteiger partial charge in [-0.05, 0) is 43.3 Å². The number of aryl methyl sites for hydroxylation is 1. The SMILES string of the molecule is Cc1ccc(OCCN(C)C(=O)c2ccc(S(=O)(=O)C(F)F)cc2)cc1. The van der Waals surface area contributed by atoms with E-state index in [1.54, 1.807) is 7.05 Å². The molecule has 0 aliphatic carbocycles. The summed E-state index contributed by atoms with van der Waals surface area (Å²) >= 11 is 0. The zero-order chi connectivity index (χ0) is 19.3. The molecule has 2 aromatic rings. The van der Waals surface area contributed by atoms with E-state index in [-0.39, 0.29) is 18.1 Å². The first-order chi connectivity index (χ1) is 12.2. The number of hydrogen-bond donors (Lipinski definition) is 0. The zero-order valence-electron chi connectivity index (χ0n) is 14.4. The van der Waals surface area contributed by atoms with E-state index in [0.717, 1.165) is 17.7 Å². The van der Waals surface area contributed by atoms with Crippen molar-refractivity contribution in [3.05, 3.63) is 59.7 Å².